The zero-order chi connectivity index (χ0) is 21.5. The maximum atomic E-state index is 13.6. The molecular weight excluding hydrogens is 388 g/mol. The number of carbonyl (C=O) groups excluding carboxylic acids is 3. The molecule has 4 rings (SSSR count). The number of ether oxygens (including phenoxy) is 2. The van der Waals surface area contributed by atoms with Gasteiger partial charge in [0, 0.05) is 25.7 Å². The summed E-state index contributed by atoms with van der Waals surface area (Å²) in [5.74, 6) is -2.54. The van der Waals surface area contributed by atoms with Crippen LogP contribution < -0.4 is 0 Å². The second kappa shape index (κ2) is 8.15. The van der Waals surface area contributed by atoms with E-state index in [9.17, 15) is 19.5 Å². The molecule has 0 radical (unpaired) electrons. The van der Waals surface area contributed by atoms with Crippen LogP contribution in [0.1, 0.15) is 33.1 Å². The Balaban J connectivity index is 1.81. The zero-order valence-corrected chi connectivity index (χ0v) is 17.5. The summed E-state index contributed by atoms with van der Waals surface area (Å²) in [5.41, 5.74) is -1.22. The molecule has 4 aliphatic rings. The van der Waals surface area contributed by atoms with Gasteiger partial charge in [-0.25, -0.2) is 0 Å². The Morgan fingerprint density at radius 3 is 2.77 bits per heavy atom. The quantitative estimate of drug-likeness (QED) is 0.532. The molecule has 4 aliphatic heterocycles. The van der Waals surface area contributed by atoms with Crippen LogP contribution in [0.25, 0.3) is 0 Å². The van der Waals surface area contributed by atoms with E-state index in [4.69, 9.17) is 9.47 Å². The Bertz CT molecular complexity index is 778. The van der Waals surface area contributed by atoms with E-state index in [1.807, 2.05) is 38.2 Å². The first-order valence-electron chi connectivity index (χ1n) is 10.8. The lowest BCUT2D eigenvalue weighted by atomic mass is 9.78. The summed E-state index contributed by atoms with van der Waals surface area (Å²) < 4.78 is 11.9. The molecule has 0 aromatic rings. The third-order valence-corrected chi connectivity index (χ3v) is 6.56. The largest absolute Gasteiger partial charge is 0.465 e. The van der Waals surface area contributed by atoms with Crippen molar-refractivity contribution in [2.24, 2.45) is 11.8 Å². The molecule has 1 N–H and O–H groups in total. The fourth-order valence-electron chi connectivity index (χ4n) is 5.22. The molecule has 8 heteroatoms. The van der Waals surface area contributed by atoms with Crippen LogP contribution in [0.3, 0.4) is 0 Å². The van der Waals surface area contributed by atoms with Crippen molar-refractivity contribution < 1.29 is 29.0 Å². The van der Waals surface area contributed by atoms with Gasteiger partial charge in [0.25, 0.3) is 0 Å². The Labute approximate surface area is 176 Å². The second-order valence-electron chi connectivity index (χ2n) is 8.68. The standard InChI is InChI=1S/C22H30N2O6/c1-14(2)23-10-6-9-22-17(19(26)24(11-7-12-25)18(22)20(23)27)16-15(30-22)8-4-3-5-13-29-21(16)28/h4,6,8-9,14-18,25H,3,5,7,10-13H2,1-2H3/b8-4-/t15-,16+,17-,18?,22-/m0/s1. The van der Waals surface area contributed by atoms with Crippen molar-refractivity contribution in [3.05, 3.63) is 24.3 Å². The molecular formula is C22H30N2O6. The van der Waals surface area contributed by atoms with Gasteiger partial charge in [-0.05, 0) is 33.1 Å². The maximum Gasteiger partial charge on any atom is 0.312 e. The fraction of sp³-hybridized carbons (Fsp3) is 0.682. The molecule has 5 atom stereocenters. The number of nitrogens with zero attached hydrogens (tertiary/aromatic N) is 2. The van der Waals surface area contributed by atoms with Crippen molar-refractivity contribution >= 4 is 17.8 Å². The second-order valence-corrected chi connectivity index (χ2v) is 8.68. The van der Waals surface area contributed by atoms with Gasteiger partial charge in [-0.3, -0.25) is 14.4 Å². The Morgan fingerprint density at radius 1 is 1.23 bits per heavy atom. The number of carbonyl (C=O) groups is 3. The molecule has 164 valence electrons. The van der Waals surface area contributed by atoms with E-state index >= 15 is 0 Å². The van der Waals surface area contributed by atoms with E-state index in [2.05, 4.69) is 0 Å². The first kappa shape index (κ1) is 21.1. The summed E-state index contributed by atoms with van der Waals surface area (Å²) in [4.78, 5) is 43.4. The third kappa shape index (κ3) is 3.17. The number of cyclic esters (lactones) is 1. The van der Waals surface area contributed by atoms with Crippen LogP contribution in [0.15, 0.2) is 24.3 Å². The van der Waals surface area contributed by atoms with Crippen LogP contribution >= 0.6 is 0 Å². The predicted octanol–water partition coefficient (Wildman–Crippen LogP) is 0.650. The summed E-state index contributed by atoms with van der Waals surface area (Å²) in [5, 5.41) is 9.34. The van der Waals surface area contributed by atoms with Crippen LogP contribution in [0.5, 0.6) is 0 Å². The molecule has 0 aliphatic carbocycles. The monoisotopic (exact) mass is 418 g/mol. The van der Waals surface area contributed by atoms with E-state index in [1.165, 1.54) is 4.90 Å². The SMILES string of the molecule is CC(C)N1CC=C[C@]23O[C@H]4/C=C\CCCOC(=O)[C@H]4[C@H]2C(=O)N(CCCO)C3C1=O. The highest BCUT2D eigenvalue weighted by Gasteiger charge is 2.71. The molecule has 1 spiro atoms. The fourth-order valence-corrected chi connectivity index (χ4v) is 5.22. The lowest BCUT2D eigenvalue weighted by Crippen LogP contribution is -2.56. The van der Waals surface area contributed by atoms with Crippen molar-refractivity contribution in [3.63, 3.8) is 0 Å². The van der Waals surface area contributed by atoms with Gasteiger partial charge in [0.05, 0.1) is 18.6 Å². The molecule has 2 amide bonds. The Morgan fingerprint density at radius 2 is 2.03 bits per heavy atom. The highest BCUT2D eigenvalue weighted by molar-refractivity contribution is 5.99. The average Bonchev–Trinajstić information content (AvgIpc) is 3.11. The third-order valence-electron chi connectivity index (χ3n) is 6.56. The van der Waals surface area contributed by atoms with Gasteiger partial charge in [0.1, 0.15) is 17.6 Å². The molecule has 8 nitrogen and oxygen atoms in total. The van der Waals surface area contributed by atoms with E-state index in [1.54, 1.807) is 4.90 Å². The first-order chi connectivity index (χ1) is 14.4. The summed E-state index contributed by atoms with van der Waals surface area (Å²) in [6.07, 6.45) is 8.70. The van der Waals surface area contributed by atoms with E-state index in [0.29, 0.717) is 19.6 Å². The number of allylic oxidation sites excluding steroid dienone is 1. The van der Waals surface area contributed by atoms with Crippen molar-refractivity contribution in [2.45, 2.75) is 56.9 Å². The zero-order valence-electron chi connectivity index (χ0n) is 17.5. The summed E-state index contributed by atoms with van der Waals surface area (Å²) in [7, 11) is 0. The number of esters is 1. The summed E-state index contributed by atoms with van der Waals surface area (Å²) >= 11 is 0. The van der Waals surface area contributed by atoms with Crippen molar-refractivity contribution in [1.82, 2.24) is 9.80 Å². The number of hydrogen-bond donors (Lipinski definition) is 1. The minimum atomic E-state index is -1.22. The van der Waals surface area contributed by atoms with Gasteiger partial charge >= 0.3 is 5.97 Å². The minimum Gasteiger partial charge on any atom is -0.465 e. The normalized spacial score (nSPS) is 37.1. The van der Waals surface area contributed by atoms with Gasteiger partial charge in [-0.2, -0.15) is 0 Å². The number of hydrogen-bond acceptors (Lipinski definition) is 6. The summed E-state index contributed by atoms with van der Waals surface area (Å²) in [6.45, 7) is 4.72. The van der Waals surface area contributed by atoms with Crippen LogP contribution in [0.2, 0.25) is 0 Å². The molecule has 0 bridgehead atoms. The van der Waals surface area contributed by atoms with Crippen LogP contribution in [-0.2, 0) is 23.9 Å². The van der Waals surface area contributed by atoms with Crippen LogP contribution in [0, 0.1) is 11.8 Å². The van der Waals surface area contributed by atoms with Crippen LogP contribution in [-0.4, -0.2) is 82.8 Å². The highest BCUT2D eigenvalue weighted by atomic mass is 16.6. The highest BCUT2D eigenvalue weighted by Crippen LogP contribution is 2.53. The topological polar surface area (TPSA) is 96.4 Å². The van der Waals surface area contributed by atoms with Gasteiger partial charge in [-0.15, -0.1) is 0 Å². The molecule has 30 heavy (non-hydrogen) atoms. The number of rotatable bonds is 4. The average molecular weight is 418 g/mol. The van der Waals surface area contributed by atoms with Crippen molar-refractivity contribution in [2.75, 3.05) is 26.3 Å². The molecule has 4 heterocycles. The molecule has 2 fully saturated rings. The number of aliphatic hydroxyl groups is 1. The van der Waals surface area contributed by atoms with Gasteiger partial charge in [0.15, 0.2) is 0 Å². The van der Waals surface area contributed by atoms with Gasteiger partial charge < -0.3 is 24.4 Å². The van der Waals surface area contributed by atoms with E-state index < -0.39 is 35.6 Å². The number of likely N-dealkylation sites (tertiary alicyclic amines) is 1. The van der Waals surface area contributed by atoms with Gasteiger partial charge in [-0.1, -0.05) is 24.3 Å². The maximum absolute atomic E-state index is 13.6. The first-order valence-corrected chi connectivity index (χ1v) is 10.8. The minimum absolute atomic E-state index is 0.0467. The molecule has 0 aromatic heterocycles. The van der Waals surface area contributed by atoms with Crippen molar-refractivity contribution in [1.29, 1.82) is 0 Å². The predicted molar refractivity (Wildman–Crippen MR) is 107 cm³/mol. The lowest BCUT2D eigenvalue weighted by molar-refractivity contribution is -0.155. The Hall–Kier alpha value is -2.19. The summed E-state index contributed by atoms with van der Waals surface area (Å²) in [6, 6.07) is -0.908. The van der Waals surface area contributed by atoms with Gasteiger partial charge in [0.2, 0.25) is 11.8 Å². The number of amides is 2. The molecule has 0 saturated carbocycles. The Kier molecular flexibility index (Phi) is 5.72. The smallest absolute Gasteiger partial charge is 0.312 e. The van der Waals surface area contributed by atoms with E-state index in [0.717, 1.165) is 12.8 Å². The van der Waals surface area contributed by atoms with Crippen LogP contribution in [0.4, 0.5) is 0 Å². The lowest BCUT2D eigenvalue weighted by Gasteiger charge is -2.36. The molecule has 1 unspecified atom stereocenters. The molecule has 2 saturated heterocycles. The molecule has 0 aromatic carbocycles. The van der Waals surface area contributed by atoms with E-state index in [-0.39, 0.29) is 31.0 Å². The number of aliphatic hydroxyl groups excluding tert-OH is 1. The number of fused-ring (bicyclic) bond motifs is 2. The van der Waals surface area contributed by atoms with Crippen molar-refractivity contribution in [3.8, 4) is 0 Å².